The average molecular weight is 437 g/mol. The number of methoxy groups -OCH3 is 1. The molecular weight excluding hydrogens is 413 g/mol. The van der Waals surface area contributed by atoms with Gasteiger partial charge >= 0.3 is 6.18 Å². The fraction of sp³-hybridized carbons (Fsp3) is 0.632. The van der Waals surface area contributed by atoms with Gasteiger partial charge in [0, 0.05) is 25.0 Å². The molecule has 4 nitrogen and oxygen atoms in total. The molecule has 2 aliphatic rings. The molecule has 0 bridgehead atoms. The lowest BCUT2D eigenvalue weighted by atomic mass is 9.51. The molecule has 5 atom stereocenters. The molecular formula is C19H24F5NO3Si. The van der Waals surface area contributed by atoms with Crippen molar-refractivity contribution < 1.29 is 36.2 Å². The lowest BCUT2D eigenvalue weighted by Crippen LogP contribution is -2.70. The molecule has 1 heterocycles. The van der Waals surface area contributed by atoms with Crippen molar-refractivity contribution in [3.63, 3.8) is 0 Å². The fourth-order valence-electron chi connectivity index (χ4n) is 5.51. The Hall–Kier alpha value is -1.68. The molecule has 0 aromatic heterocycles. The van der Waals surface area contributed by atoms with Crippen molar-refractivity contribution in [1.29, 1.82) is 0 Å². The van der Waals surface area contributed by atoms with Crippen LogP contribution in [-0.4, -0.2) is 39.0 Å². The molecule has 1 amide bonds. The normalized spacial score (nSPS) is 34.5. The Morgan fingerprint density at radius 1 is 1.28 bits per heavy atom. The van der Waals surface area contributed by atoms with E-state index in [1.165, 1.54) is 6.92 Å². The van der Waals surface area contributed by atoms with Gasteiger partial charge in [0.2, 0.25) is 11.7 Å². The van der Waals surface area contributed by atoms with E-state index in [0.717, 1.165) is 19.2 Å². The van der Waals surface area contributed by atoms with Crippen LogP contribution in [0.4, 0.5) is 22.0 Å². The van der Waals surface area contributed by atoms with E-state index in [0.29, 0.717) is 0 Å². The predicted molar refractivity (Wildman–Crippen MR) is 98.3 cm³/mol. The van der Waals surface area contributed by atoms with Gasteiger partial charge in [-0.05, 0) is 18.0 Å². The topological polar surface area (TPSA) is 61.5 Å². The van der Waals surface area contributed by atoms with Crippen LogP contribution in [0.25, 0.3) is 0 Å². The summed E-state index contributed by atoms with van der Waals surface area (Å²) >= 11 is 0. The van der Waals surface area contributed by atoms with Crippen molar-refractivity contribution in [2.75, 3.05) is 7.11 Å². The number of carbonyl (C=O) groups excluding carboxylic acids is 1. The number of fused-ring (bicyclic) bond motifs is 1. The molecule has 1 unspecified atom stereocenters. The first-order chi connectivity index (χ1) is 13.1. The molecule has 1 aromatic carbocycles. The summed E-state index contributed by atoms with van der Waals surface area (Å²) in [5.41, 5.74) is 0.793. The second kappa shape index (κ2) is 6.41. The van der Waals surface area contributed by atoms with Crippen LogP contribution in [0.5, 0.6) is 5.75 Å². The number of rotatable bonds is 4. The number of hydrogen-bond donors (Lipinski definition) is 1. The largest absolute Gasteiger partial charge is 0.493 e. The van der Waals surface area contributed by atoms with Crippen LogP contribution in [0, 0.1) is 17.0 Å². The summed E-state index contributed by atoms with van der Waals surface area (Å²) in [6, 6.07) is 1.96. The van der Waals surface area contributed by atoms with Gasteiger partial charge in [0.05, 0.1) is 7.11 Å². The van der Waals surface area contributed by atoms with E-state index in [4.69, 9.17) is 15.2 Å². The maximum Gasteiger partial charge on any atom is 0.418 e. The molecule has 0 radical (unpaired) electrons. The maximum atomic E-state index is 14.4. The van der Waals surface area contributed by atoms with E-state index in [1.54, 1.807) is 0 Å². The van der Waals surface area contributed by atoms with E-state index >= 15 is 0 Å². The Balaban J connectivity index is 2.32. The van der Waals surface area contributed by atoms with Gasteiger partial charge in [0.1, 0.15) is 6.10 Å². The Bertz CT molecular complexity index is 855. The summed E-state index contributed by atoms with van der Waals surface area (Å²) in [4.78, 5) is 12.2. The van der Waals surface area contributed by atoms with Gasteiger partial charge in [-0.15, -0.1) is 0 Å². The summed E-state index contributed by atoms with van der Waals surface area (Å²) in [6.45, 7) is 7.21. The van der Waals surface area contributed by atoms with Crippen molar-refractivity contribution in [3.8, 4) is 5.75 Å². The van der Waals surface area contributed by atoms with E-state index in [1.807, 2.05) is 19.6 Å². The van der Waals surface area contributed by atoms with Crippen LogP contribution in [0.1, 0.15) is 24.8 Å². The van der Waals surface area contributed by atoms with E-state index < -0.39 is 66.1 Å². The van der Waals surface area contributed by atoms with Crippen LogP contribution in [0.2, 0.25) is 25.2 Å². The molecule has 1 aliphatic carbocycles. The Morgan fingerprint density at radius 2 is 1.86 bits per heavy atom. The molecule has 29 heavy (non-hydrogen) atoms. The first-order valence-electron chi connectivity index (χ1n) is 9.19. The van der Waals surface area contributed by atoms with Crippen molar-refractivity contribution in [3.05, 3.63) is 29.3 Å². The smallest absolute Gasteiger partial charge is 0.418 e. The average Bonchev–Trinajstić information content (AvgIpc) is 2.75. The number of ether oxygens (including phenoxy) is 2. The van der Waals surface area contributed by atoms with Crippen LogP contribution in [0.3, 0.4) is 0 Å². The number of primary amides is 1. The van der Waals surface area contributed by atoms with Gasteiger partial charge in [-0.3, -0.25) is 4.79 Å². The highest BCUT2D eigenvalue weighted by Crippen LogP contribution is 2.78. The molecule has 1 saturated carbocycles. The molecule has 0 spiro atoms. The number of hydrogen-bond acceptors (Lipinski definition) is 3. The third kappa shape index (κ3) is 2.74. The summed E-state index contributed by atoms with van der Waals surface area (Å²) in [5.74, 6) is -5.40. The summed E-state index contributed by atoms with van der Waals surface area (Å²) in [5, 5.41) is 0. The second-order valence-electron chi connectivity index (χ2n) is 9.13. The maximum absolute atomic E-state index is 14.4. The fourth-order valence-corrected chi connectivity index (χ4v) is 8.63. The summed E-state index contributed by atoms with van der Waals surface area (Å²) in [7, 11) is -1.10. The molecule has 3 rings (SSSR count). The SMILES string of the molecule is COc1c([C@H]2[C@H](C(N)=O)O[C@]3(C(F)(F)F)CC([Si](C)(C)C)[C@]23C)ccc(F)c1F. The van der Waals surface area contributed by atoms with Crippen LogP contribution < -0.4 is 10.5 Å². The zero-order chi connectivity index (χ0) is 22.2. The zero-order valence-corrected chi connectivity index (χ0v) is 17.8. The zero-order valence-electron chi connectivity index (χ0n) is 16.8. The van der Waals surface area contributed by atoms with Crippen LogP contribution in [-0.2, 0) is 9.53 Å². The molecule has 2 N–H and O–H groups in total. The molecule has 1 aliphatic heterocycles. The van der Waals surface area contributed by atoms with E-state index in [-0.39, 0.29) is 12.0 Å². The van der Waals surface area contributed by atoms with Crippen molar-refractivity contribution in [1.82, 2.24) is 0 Å². The molecule has 10 heteroatoms. The number of alkyl halides is 3. The first-order valence-corrected chi connectivity index (χ1v) is 12.8. The van der Waals surface area contributed by atoms with Crippen molar-refractivity contribution in [2.45, 2.75) is 62.3 Å². The van der Waals surface area contributed by atoms with Gasteiger partial charge in [0.15, 0.2) is 17.2 Å². The minimum Gasteiger partial charge on any atom is -0.493 e. The number of halogens is 5. The Morgan fingerprint density at radius 3 is 2.31 bits per heavy atom. The second-order valence-corrected chi connectivity index (χ2v) is 14.6. The predicted octanol–water partition coefficient (Wildman–Crippen LogP) is 4.36. The quantitative estimate of drug-likeness (QED) is 0.562. The lowest BCUT2D eigenvalue weighted by Gasteiger charge is -2.63. The molecule has 2 fully saturated rings. The highest BCUT2D eigenvalue weighted by molar-refractivity contribution is 6.78. The van der Waals surface area contributed by atoms with Crippen LogP contribution in [0.15, 0.2) is 12.1 Å². The third-order valence-corrected chi connectivity index (χ3v) is 9.66. The Kier molecular flexibility index (Phi) is 4.86. The van der Waals surface area contributed by atoms with Crippen LogP contribution >= 0.6 is 0 Å². The minimum atomic E-state index is -4.77. The summed E-state index contributed by atoms with van der Waals surface area (Å²) in [6.07, 6.45) is -6.72. The molecule has 1 saturated heterocycles. The number of nitrogens with two attached hydrogens (primary N) is 1. The first kappa shape index (κ1) is 22.0. The van der Waals surface area contributed by atoms with Crippen molar-refractivity contribution in [2.24, 2.45) is 11.1 Å². The van der Waals surface area contributed by atoms with E-state index in [9.17, 15) is 26.7 Å². The van der Waals surface area contributed by atoms with Gasteiger partial charge in [0.25, 0.3) is 0 Å². The van der Waals surface area contributed by atoms with Gasteiger partial charge in [-0.25, -0.2) is 4.39 Å². The van der Waals surface area contributed by atoms with Crippen molar-refractivity contribution >= 4 is 14.0 Å². The highest BCUT2D eigenvalue weighted by atomic mass is 28.3. The molecule has 1 aromatic rings. The third-order valence-electron chi connectivity index (χ3n) is 6.77. The van der Waals surface area contributed by atoms with Gasteiger partial charge < -0.3 is 15.2 Å². The van der Waals surface area contributed by atoms with E-state index in [2.05, 4.69) is 0 Å². The number of carbonyl (C=O) groups is 1. The Labute approximate surface area is 166 Å². The minimum absolute atomic E-state index is 0.0493. The van der Waals surface area contributed by atoms with Gasteiger partial charge in [-0.1, -0.05) is 32.6 Å². The number of benzene rings is 1. The highest BCUT2D eigenvalue weighted by Gasteiger charge is 2.84. The monoisotopic (exact) mass is 437 g/mol. The standard InChI is InChI=1S/C19H24F5NO3Si/c1-17-11(29(3,4)5)8-18(17,19(22,23)24)28-15(16(25)26)12(17)9-6-7-10(20)13(21)14(9)27-2/h6-7,11-12,15H,8H2,1-5H3,(H2,25,26)/t11?,12-,15+,17+,18+/m0/s1. The molecule has 162 valence electrons. The lowest BCUT2D eigenvalue weighted by molar-refractivity contribution is -0.328. The van der Waals surface area contributed by atoms with Gasteiger partial charge in [-0.2, -0.15) is 17.6 Å². The summed E-state index contributed by atoms with van der Waals surface area (Å²) < 4.78 is 81.4. The number of amides is 1.